The fourth-order valence-electron chi connectivity index (χ4n) is 3.65. The SMILES string of the molecule is C/C=C/C/C=C/[C@H](C)C[C@H](O)[C@@H]1C[C@@H]2O[C@H]2/C=C\[C@H](O)[C@@H](O)/C=C\C[C@H](C)CC(=O)O1. The number of hydrogen-bond donors (Lipinski definition) is 3. The van der Waals surface area contributed by atoms with Crippen LogP contribution in [0, 0.1) is 11.8 Å². The topological polar surface area (TPSA) is 99.5 Å². The minimum Gasteiger partial charge on any atom is -0.459 e. The molecule has 8 atom stereocenters. The van der Waals surface area contributed by atoms with Crippen molar-refractivity contribution in [2.75, 3.05) is 0 Å². The Labute approximate surface area is 185 Å². The Morgan fingerprint density at radius 2 is 1.94 bits per heavy atom. The molecule has 31 heavy (non-hydrogen) atoms. The quantitative estimate of drug-likeness (QED) is 0.337. The highest BCUT2D eigenvalue weighted by Gasteiger charge is 2.41. The number of aliphatic hydroxyl groups excluding tert-OH is 3. The van der Waals surface area contributed by atoms with Gasteiger partial charge in [-0.3, -0.25) is 4.79 Å². The van der Waals surface area contributed by atoms with E-state index in [9.17, 15) is 20.1 Å². The van der Waals surface area contributed by atoms with Crippen LogP contribution >= 0.6 is 0 Å². The van der Waals surface area contributed by atoms with Crippen LogP contribution in [-0.4, -0.2) is 57.9 Å². The van der Waals surface area contributed by atoms with Crippen LogP contribution in [0.4, 0.5) is 0 Å². The molecule has 0 aliphatic carbocycles. The van der Waals surface area contributed by atoms with Crippen molar-refractivity contribution in [2.45, 2.75) is 89.5 Å². The van der Waals surface area contributed by atoms with Crippen LogP contribution in [0.1, 0.15) is 52.9 Å². The van der Waals surface area contributed by atoms with Crippen molar-refractivity contribution in [1.82, 2.24) is 0 Å². The van der Waals surface area contributed by atoms with Gasteiger partial charge in [-0.25, -0.2) is 0 Å². The van der Waals surface area contributed by atoms with Crippen LogP contribution < -0.4 is 0 Å². The van der Waals surface area contributed by atoms with Gasteiger partial charge in [-0.05, 0) is 38.0 Å². The van der Waals surface area contributed by atoms with Crippen molar-refractivity contribution >= 4 is 5.97 Å². The zero-order valence-electron chi connectivity index (χ0n) is 18.8. The largest absolute Gasteiger partial charge is 0.459 e. The molecule has 0 unspecified atom stereocenters. The zero-order chi connectivity index (χ0) is 22.8. The average molecular weight is 435 g/mol. The normalized spacial score (nSPS) is 36.8. The highest BCUT2D eigenvalue weighted by Crippen LogP contribution is 2.31. The van der Waals surface area contributed by atoms with E-state index >= 15 is 0 Å². The van der Waals surface area contributed by atoms with E-state index in [2.05, 4.69) is 18.2 Å². The summed E-state index contributed by atoms with van der Waals surface area (Å²) in [6.07, 6.45) is 13.4. The molecule has 0 saturated carbocycles. The number of ether oxygens (including phenoxy) is 2. The van der Waals surface area contributed by atoms with Crippen LogP contribution in [0.2, 0.25) is 0 Å². The predicted octanol–water partition coefficient (Wildman–Crippen LogP) is 3.23. The second-order valence-electron chi connectivity index (χ2n) is 8.76. The standard InChI is InChI=1S/C25H38O6/c1-4-5-6-7-9-17(2)14-21(28)23-16-24-22(30-24)13-12-20(27)19(26)11-8-10-18(3)15-25(29)31-23/h4-5,7-9,11-13,17-24,26-28H,6,10,14-16H2,1-3H3/b5-4+,9-7+,11-8-,13-12-/t17-,18-,19-,20-,21-,22-,23-,24-/m0/s1. The maximum Gasteiger partial charge on any atom is 0.306 e. The first-order valence-corrected chi connectivity index (χ1v) is 11.3. The van der Waals surface area contributed by atoms with Gasteiger partial charge in [-0.1, -0.05) is 62.5 Å². The van der Waals surface area contributed by atoms with Crippen molar-refractivity contribution < 1.29 is 29.6 Å². The highest BCUT2D eigenvalue weighted by atomic mass is 16.6. The molecule has 2 heterocycles. The smallest absolute Gasteiger partial charge is 0.306 e. The second kappa shape index (κ2) is 13.0. The van der Waals surface area contributed by atoms with Crippen LogP contribution in [0.25, 0.3) is 0 Å². The fourth-order valence-corrected chi connectivity index (χ4v) is 3.65. The molecule has 0 aromatic carbocycles. The second-order valence-corrected chi connectivity index (χ2v) is 8.76. The third-order valence-electron chi connectivity index (χ3n) is 5.62. The number of cyclic esters (lactones) is 1. The summed E-state index contributed by atoms with van der Waals surface area (Å²) in [5.41, 5.74) is 0. The molecule has 0 amide bonds. The number of fused-ring (bicyclic) bond motifs is 1. The first kappa shape index (κ1) is 25.5. The summed E-state index contributed by atoms with van der Waals surface area (Å²) in [7, 11) is 0. The lowest BCUT2D eigenvalue weighted by Gasteiger charge is -2.25. The molecular formula is C25H38O6. The molecule has 3 N–H and O–H groups in total. The molecular weight excluding hydrogens is 396 g/mol. The molecule has 0 aromatic heterocycles. The molecule has 6 nitrogen and oxygen atoms in total. The van der Waals surface area contributed by atoms with Crippen LogP contribution in [0.3, 0.4) is 0 Å². The third kappa shape index (κ3) is 9.52. The average Bonchev–Trinajstić information content (AvgIpc) is 3.45. The van der Waals surface area contributed by atoms with Gasteiger partial charge in [0.2, 0.25) is 0 Å². The maximum absolute atomic E-state index is 12.5. The van der Waals surface area contributed by atoms with Gasteiger partial charge in [0.25, 0.3) is 0 Å². The lowest BCUT2D eigenvalue weighted by Crippen LogP contribution is -2.34. The van der Waals surface area contributed by atoms with Crippen molar-refractivity contribution in [3.8, 4) is 0 Å². The maximum atomic E-state index is 12.5. The molecule has 6 heteroatoms. The number of aliphatic hydroxyl groups is 3. The number of hydrogen-bond acceptors (Lipinski definition) is 6. The Kier molecular flexibility index (Phi) is 10.7. The minimum atomic E-state index is -1.02. The van der Waals surface area contributed by atoms with Crippen molar-refractivity contribution in [2.24, 2.45) is 11.8 Å². The summed E-state index contributed by atoms with van der Waals surface area (Å²) in [5.74, 6) is -0.179. The predicted molar refractivity (Wildman–Crippen MR) is 120 cm³/mol. The number of epoxide rings is 1. The van der Waals surface area contributed by atoms with Gasteiger partial charge in [0.1, 0.15) is 24.4 Å². The molecule has 0 spiro atoms. The van der Waals surface area contributed by atoms with E-state index in [1.54, 1.807) is 18.2 Å². The Balaban J connectivity index is 2.04. The van der Waals surface area contributed by atoms with E-state index in [1.807, 2.05) is 26.8 Å². The van der Waals surface area contributed by atoms with Crippen molar-refractivity contribution in [1.29, 1.82) is 0 Å². The zero-order valence-corrected chi connectivity index (χ0v) is 18.8. The number of allylic oxidation sites excluding steroid dienone is 5. The van der Waals surface area contributed by atoms with Gasteiger partial charge >= 0.3 is 5.97 Å². The van der Waals surface area contributed by atoms with Gasteiger partial charge < -0.3 is 24.8 Å². The molecule has 0 radical (unpaired) electrons. The van der Waals surface area contributed by atoms with Crippen LogP contribution in [0.15, 0.2) is 48.6 Å². The number of esters is 1. The lowest BCUT2D eigenvalue weighted by atomic mass is 9.96. The van der Waals surface area contributed by atoms with Crippen LogP contribution in [-0.2, 0) is 14.3 Å². The highest BCUT2D eigenvalue weighted by molar-refractivity contribution is 5.69. The van der Waals surface area contributed by atoms with E-state index < -0.39 is 24.4 Å². The number of rotatable bonds is 6. The number of carbonyl (C=O) groups excluding carboxylic acids is 1. The van der Waals surface area contributed by atoms with Crippen LogP contribution in [0.5, 0.6) is 0 Å². The molecule has 1 fully saturated rings. The van der Waals surface area contributed by atoms with Gasteiger partial charge in [-0.2, -0.15) is 0 Å². The van der Waals surface area contributed by atoms with E-state index in [0.717, 1.165) is 6.42 Å². The molecule has 2 rings (SSSR count). The molecule has 2 aliphatic heterocycles. The molecule has 2 aliphatic rings. The molecule has 1 saturated heterocycles. The first-order chi connectivity index (χ1) is 14.8. The number of carbonyl (C=O) groups is 1. The van der Waals surface area contributed by atoms with Gasteiger partial charge in [0.15, 0.2) is 0 Å². The van der Waals surface area contributed by atoms with E-state index in [-0.39, 0.29) is 36.4 Å². The van der Waals surface area contributed by atoms with E-state index in [1.165, 1.54) is 6.08 Å². The third-order valence-corrected chi connectivity index (χ3v) is 5.62. The lowest BCUT2D eigenvalue weighted by molar-refractivity contribution is -0.157. The Morgan fingerprint density at radius 1 is 1.19 bits per heavy atom. The van der Waals surface area contributed by atoms with Gasteiger partial charge in [0.05, 0.1) is 12.2 Å². The summed E-state index contributed by atoms with van der Waals surface area (Å²) in [6.45, 7) is 5.94. The van der Waals surface area contributed by atoms with Crippen molar-refractivity contribution in [3.05, 3.63) is 48.6 Å². The fraction of sp³-hybridized carbons (Fsp3) is 0.640. The molecule has 0 aromatic rings. The van der Waals surface area contributed by atoms with Gasteiger partial charge in [-0.15, -0.1) is 0 Å². The summed E-state index contributed by atoms with van der Waals surface area (Å²) >= 11 is 0. The Hall–Kier alpha value is -1.73. The summed E-state index contributed by atoms with van der Waals surface area (Å²) in [6, 6.07) is 0. The minimum absolute atomic E-state index is 0.0185. The van der Waals surface area contributed by atoms with E-state index in [4.69, 9.17) is 9.47 Å². The summed E-state index contributed by atoms with van der Waals surface area (Å²) in [4.78, 5) is 12.5. The Bertz CT molecular complexity index is 667. The first-order valence-electron chi connectivity index (χ1n) is 11.3. The molecule has 0 bridgehead atoms. The van der Waals surface area contributed by atoms with Gasteiger partial charge in [0, 0.05) is 12.8 Å². The Morgan fingerprint density at radius 3 is 2.68 bits per heavy atom. The van der Waals surface area contributed by atoms with E-state index in [0.29, 0.717) is 19.3 Å². The summed E-state index contributed by atoms with van der Waals surface area (Å²) in [5, 5.41) is 30.9. The summed E-state index contributed by atoms with van der Waals surface area (Å²) < 4.78 is 11.3. The monoisotopic (exact) mass is 434 g/mol. The molecule has 174 valence electrons. The van der Waals surface area contributed by atoms with Crippen molar-refractivity contribution in [3.63, 3.8) is 0 Å².